The fourth-order valence-corrected chi connectivity index (χ4v) is 2.14. The molecule has 0 fully saturated rings. The summed E-state index contributed by atoms with van der Waals surface area (Å²) in [6.45, 7) is -0.268. The average Bonchev–Trinajstić information content (AvgIpc) is 2.61. The van der Waals surface area contributed by atoms with Gasteiger partial charge in [-0.1, -0.05) is 23.7 Å². The molecule has 0 radical (unpaired) electrons. The van der Waals surface area contributed by atoms with E-state index in [1.807, 2.05) is 0 Å². The standard InChI is InChI=1S/C17H17ClN2O5/c1-23-14-8-7-11(18)9-13(14)19-16(21)10-25-15-6-4-3-5-12(15)20-17(22)24-2/h3-9H,10H2,1-2H3,(H,19,21)(H,20,22). The van der Waals surface area contributed by atoms with Gasteiger partial charge < -0.3 is 19.5 Å². The van der Waals surface area contributed by atoms with Crippen molar-refractivity contribution in [3.05, 3.63) is 47.5 Å². The molecule has 2 aromatic rings. The third-order valence-electron chi connectivity index (χ3n) is 3.10. The second-order valence-electron chi connectivity index (χ2n) is 4.79. The highest BCUT2D eigenvalue weighted by atomic mass is 35.5. The maximum absolute atomic E-state index is 12.1. The Kier molecular flexibility index (Phi) is 6.47. The highest BCUT2D eigenvalue weighted by Gasteiger charge is 2.11. The van der Waals surface area contributed by atoms with E-state index in [1.54, 1.807) is 42.5 Å². The fraction of sp³-hybridized carbons (Fsp3) is 0.176. The first-order chi connectivity index (χ1) is 12.0. The van der Waals surface area contributed by atoms with Crippen LogP contribution in [0.2, 0.25) is 5.02 Å². The van der Waals surface area contributed by atoms with E-state index in [9.17, 15) is 9.59 Å². The number of anilines is 2. The number of carbonyl (C=O) groups is 2. The van der Waals surface area contributed by atoms with Crippen LogP contribution in [0.4, 0.5) is 16.2 Å². The van der Waals surface area contributed by atoms with Crippen LogP contribution in [0.1, 0.15) is 0 Å². The van der Waals surface area contributed by atoms with Crippen molar-refractivity contribution in [1.82, 2.24) is 0 Å². The number of ether oxygens (including phenoxy) is 3. The quantitative estimate of drug-likeness (QED) is 0.818. The molecule has 7 nitrogen and oxygen atoms in total. The number of carbonyl (C=O) groups excluding carboxylic acids is 2. The summed E-state index contributed by atoms with van der Waals surface area (Å²) in [7, 11) is 2.74. The van der Waals surface area contributed by atoms with Crippen molar-refractivity contribution in [1.29, 1.82) is 0 Å². The molecule has 0 aliphatic rings. The van der Waals surface area contributed by atoms with Gasteiger partial charge in [-0.3, -0.25) is 10.1 Å². The van der Waals surface area contributed by atoms with Crippen LogP contribution in [0.3, 0.4) is 0 Å². The number of rotatable bonds is 6. The smallest absolute Gasteiger partial charge is 0.411 e. The van der Waals surface area contributed by atoms with Crippen LogP contribution in [0.5, 0.6) is 11.5 Å². The van der Waals surface area contributed by atoms with Gasteiger partial charge in [0.15, 0.2) is 6.61 Å². The molecular formula is C17H17ClN2O5. The van der Waals surface area contributed by atoms with Gasteiger partial charge >= 0.3 is 6.09 Å². The Morgan fingerprint density at radius 2 is 1.76 bits per heavy atom. The molecule has 2 rings (SSSR count). The normalized spacial score (nSPS) is 9.88. The number of para-hydroxylation sites is 2. The minimum Gasteiger partial charge on any atom is -0.495 e. The Morgan fingerprint density at radius 3 is 2.48 bits per heavy atom. The number of hydrogen-bond acceptors (Lipinski definition) is 5. The maximum Gasteiger partial charge on any atom is 0.411 e. The third-order valence-corrected chi connectivity index (χ3v) is 3.34. The minimum atomic E-state index is -0.635. The van der Waals surface area contributed by atoms with Crippen LogP contribution >= 0.6 is 11.6 Å². The SMILES string of the molecule is COC(=O)Nc1ccccc1OCC(=O)Nc1cc(Cl)ccc1OC. The molecule has 8 heteroatoms. The Hall–Kier alpha value is -2.93. The van der Waals surface area contributed by atoms with Crippen molar-refractivity contribution in [2.24, 2.45) is 0 Å². The predicted octanol–water partition coefficient (Wildman–Crippen LogP) is 3.54. The molecule has 2 aromatic carbocycles. The van der Waals surface area contributed by atoms with E-state index >= 15 is 0 Å². The molecule has 0 aliphatic carbocycles. The van der Waals surface area contributed by atoms with Gasteiger partial charge in [-0.25, -0.2) is 4.79 Å². The van der Waals surface area contributed by atoms with Crippen molar-refractivity contribution >= 4 is 35.0 Å². The molecule has 0 saturated carbocycles. The lowest BCUT2D eigenvalue weighted by molar-refractivity contribution is -0.118. The number of methoxy groups -OCH3 is 2. The summed E-state index contributed by atoms with van der Waals surface area (Å²) >= 11 is 5.92. The summed E-state index contributed by atoms with van der Waals surface area (Å²) in [5.41, 5.74) is 0.826. The van der Waals surface area contributed by atoms with Crippen LogP contribution in [0.15, 0.2) is 42.5 Å². The first-order valence-electron chi connectivity index (χ1n) is 7.23. The van der Waals surface area contributed by atoms with E-state index in [4.69, 9.17) is 21.1 Å². The summed E-state index contributed by atoms with van der Waals surface area (Å²) < 4.78 is 15.2. The van der Waals surface area contributed by atoms with Crippen LogP contribution in [0, 0.1) is 0 Å². The number of halogens is 1. The predicted molar refractivity (Wildman–Crippen MR) is 94.6 cm³/mol. The Morgan fingerprint density at radius 1 is 1.00 bits per heavy atom. The van der Waals surface area contributed by atoms with E-state index < -0.39 is 12.0 Å². The van der Waals surface area contributed by atoms with Gasteiger partial charge in [0.05, 0.1) is 25.6 Å². The molecule has 0 aromatic heterocycles. The van der Waals surface area contributed by atoms with Crippen LogP contribution < -0.4 is 20.1 Å². The lowest BCUT2D eigenvalue weighted by Gasteiger charge is -2.13. The van der Waals surface area contributed by atoms with E-state index in [0.717, 1.165) is 0 Å². The average molecular weight is 365 g/mol. The summed E-state index contributed by atoms with van der Waals surface area (Å²) in [5.74, 6) is 0.403. The lowest BCUT2D eigenvalue weighted by Crippen LogP contribution is -2.21. The van der Waals surface area contributed by atoms with Gasteiger partial charge in [-0.15, -0.1) is 0 Å². The zero-order chi connectivity index (χ0) is 18.2. The van der Waals surface area contributed by atoms with Crippen molar-refractivity contribution in [2.45, 2.75) is 0 Å². The highest BCUT2D eigenvalue weighted by Crippen LogP contribution is 2.28. The van der Waals surface area contributed by atoms with Crippen LogP contribution in [-0.2, 0) is 9.53 Å². The zero-order valence-corrected chi connectivity index (χ0v) is 14.4. The number of benzene rings is 2. The third kappa shape index (κ3) is 5.29. The maximum atomic E-state index is 12.1. The molecule has 0 unspecified atom stereocenters. The van der Waals surface area contributed by atoms with Gasteiger partial charge in [-0.2, -0.15) is 0 Å². The van der Waals surface area contributed by atoms with E-state index in [2.05, 4.69) is 15.4 Å². The molecule has 0 bridgehead atoms. The largest absolute Gasteiger partial charge is 0.495 e. The summed E-state index contributed by atoms with van der Waals surface area (Å²) in [6.07, 6.45) is -0.635. The first-order valence-corrected chi connectivity index (χ1v) is 7.61. The molecule has 2 amide bonds. The van der Waals surface area contributed by atoms with Gasteiger partial charge in [0.25, 0.3) is 5.91 Å². The van der Waals surface area contributed by atoms with Gasteiger partial charge in [0.2, 0.25) is 0 Å². The van der Waals surface area contributed by atoms with Gasteiger partial charge in [0.1, 0.15) is 11.5 Å². The van der Waals surface area contributed by atoms with Crippen molar-refractivity contribution < 1.29 is 23.8 Å². The van der Waals surface area contributed by atoms with Gasteiger partial charge in [-0.05, 0) is 30.3 Å². The Labute approximate surface area is 149 Å². The number of nitrogens with one attached hydrogen (secondary N) is 2. The van der Waals surface area contributed by atoms with Crippen molar-refractivity contribution in [3.63, 3.8) is 0 Å². The molecule has 2 N–H and O–H groups in total. The molecule has 0 spiro atoms. The van der Waals surface area contributed by atoms with Gasteiger partial charge in [0, 0.05) is 5.02 Å². The molecule has 0 atom stereocenters. The van der Waals surface area contributed by atoms with Crippen molar-refractivity contribution in [3.8, 4) is 11.5 Å². The van der Waals surface area contributed by atoms with Crippen LogP contribution in [0.25, 0.3) is 0 Å². The molecule has 0 aliphatic heterocycles. The summed E-state index contributed by atoms with van der Waals surface area (Å²) in [6, 6.07) is 11.6. The van der Waals surface area contributed by atoms with E-state index in [0.29, 0.717) is 27.9 Å². The highest BCUT2D eigenvalue weighted by molar-refractivity contribution is 6.31. The molecule has 25 heavy (non-hydrogen) atoms. The van der Waals surface area contributed by atoms with Crippen molar-refractivity contribution in [2.75, 3.05) is 31.5 Å². The minimum absolute atomic E-state index is 0.268. The first kappa shape index (κ1) is 18.4. The second kappa shape index (κ2) is 8.79. The summed E-state index contributed by atoms with van der Waals surface area (Å²) in [4.78, 5) is 23.4. The monoisotopic (exact) mass is 364 g/mol. The fourth-order valence-electron chi connectivity index (χ4n) is 1.96. The molecule has 132 valence electrons. The number of amides is 2. The molecule has 0 saturated heterocycles. The Bertz CT molecular complexity index is 766. The number of hydrogen-bond donors (Lipinski definition) is 2. The Balaban J connectivity index is 2.01. The molecular weight excluding hydrogens is 348 g/mol. The molecule has 0 heterocycles. The summed E-state index contributed by atoms with van der Waals surface area (Å²) in [5, 5.41) is 5.63. The van der Waals surface area contributed by atoms with Crippen LogP contribution in [-0.4, -0.2) is 32.8 Å². The second-order valence-corrected chi connectivity index (χ2v) is 5.23. The zero-order valence-electron chi connectivity index (χ0n) is 13.7. The topological polar surface area (TPSA) is 85.9 Å². The lowest BCUT2D eigenvalue weighted by atomic mass is 10.3. The van der Waals surface area contributed by atoms with E-state index in [1.165, 1.54) is 14.2 Å². The van der Waals surface area contributed by atoms with E-state index in [-0.39, 0.29) is 6.61 Å².